The second-order valence-electron chi connectivity index (χ2n) is 8.84. The molecule has 3 aromatic rings. The quantitative estimate of drug-likeness (QED) is 0.538. The molecular formula is C25H23F3N4O2. The number of fused-ring (bicyclic) bond motifs is 1. The number of aryl methyl sites for hydroxylation is 1. The van der Waals surface area contributed by atoms with Crippen molar-refractivity contribution in [1.82, 2.24) is 19.9 Å². The lowest BCUT2D eigenvalue weighted by Crippen LogP contribution is -2.42. The molecule has 1 aliphatic heterocycles. The minimum atomic E-state index is -4.48. The van der Waals surface area contributed by atoms with Crippen LogP contribution in [0.15, 0.2) is 55.0 Å². The first kappa shape index (κ1) is 22.3. The molecule has 1 aliphatic carbocycles. The van der Waals surface area contributed by atoms with E-state index < -0.39 is 11.7 Å². The highest BCUT2D eigenvalue weighted by atomic mass is 19.4. The van der Waals surface area contributed by atoms with E-state index in [1.54, 1.807) is 23.4 Å². The SMILES string of the molecule is Cc1ccc(-c2ncccn2)c(C(=O)N2CC3CCC3C2COc2cc(C(F)(F)F)ccn2)c1. The van der Waals surface area contributed by atoms with E-state index in [2.05, 4.69) is 15.0 Å². The fourth-order valence-corrected chi connectivity index (χ4v) is 4.85. The number of carbonyl (C=O) groups excluding carboxylic acids is 1. The number of benzene rings is 1. The molecule has 3 heterocycles. The molecule has 5 rings (SSSR count). The van der Waals surface area contributed by atoms with E-state index in [9.17, 15) is 18.0 Å². The van der Waals surface area contributed by atoms with Crippen LogP contribution in [0.3, 0.4) is 0 Å². The van der Waals surface area contributed by atoms with Crippen LogP contribution in [0.1, 0.15) is 34.3 Å². The summed E-state index contributed by atoms with van der Waals surface area (Å²) in [6.07, 6.45) is 1.85. The van der Waals surface area contributed by atoms with Gasteiger partial charge in [0.1, 0.15) is 6.61 Å². The fraction of sp³-hybridized carbons (Fsp3) is 0.360. The van der Waals surface area contributed by atoms with Crippen LogP contribution in [0.2, 0.25) is 0 Å². The van der Waals surface area contributed by atoms with Crippen LogP contribution in [-0.4, -0.2) is 45.0 Å². The summed E-state index contributed by atoms with van der Waals surface area (Å²) in [6.45, 7) is 2.60. The molecule has 3 atom stereocenters. The Morgan fingerprint density at radius 1 is 1.09 bits per heavy atom. The Labute approximate surface area is 194 Å². The molecule has 0 N–H and O–H groups in total. The number of hydrogen-bond acceptors (Lipinski definition) is 5. The van der Waals surface area contributed by atoms with Gasteiger partial charge in [-0.2, -0.15) is 13.2 Å². The van der Waals surface area contributed by atoms with Crippen LogP contribution in [0.4, 0.5) is 13.2 Å². The molecule has 2 aliphatic rings. The van der Waals surface area contributed by atoms with E-state index in [0.29, 0.717) is 29.4 Å². The summed E-state index contributed by atoms with van der Waals surface area (Å²) in [6, 6.07) is 8.87. The molecule has 6 nitrogen and oxygen atoms in total. The second-order valence-corrected chi connectivity index (χ2v) is 8.84. The van der Waals surface area contributed by atoms with Crippen LogP contribution in [0.5, 0.6) is 5.88 Å². The predicted octanol–water partition coefficient (Wildman–Crippen LogP) is 4.80. The van der Waals surface area contributed by atoms with E-state index >= 15 is 0 Å². The summed E-state index contributed by atoms with van der Waals surface area (Å²) in [5.41, 5.74) is 1.28. The maximum Gasteiger partial charge on any atom is 0.416 e. The second kappa shape index (κ2) is 8.70. The minimum absolute atomic E-state index is 0.0875. The third kappa shape index (κ3) is 4.22. The predicted molar refractivity (Wildman–Crippen MR) is 118 cm³/mol. The molecule has 9 heteroatoms. The van der Waals surface area contributed by atoms with Crippen molar-refractivity contribution in [1.29, 1.82) is 0 Å². The minimum Gasteiger partial charge on any atom is -0.475 e. The molecule has 34 heavy (non-hydrogen) atoms. The first-order valence-corrected chi connectivity index (χ1v) is 11.2. The monoisotopic (exact) mass is 468 g/mol. The molecule has 1 saturated carbocycles. The molecule has 0 spiro atoms. The van der Waals surface area contributed by atoms with Crippen molar-refractivity contribution >= 4 is 5.91 Å². The molecule has 1 aromatic carbocycles. The van der Waals surface area contributed by atoms with Gasteiger partial charge in [-0.25, -0.2) is 15.0 Å². The first-order chi connectivity index (χ1) is 16.3. The normalized spacial score (nSPS) is 21.6. The lowest BCUT2D eigenvalue weighted by Gasteiger charge is -2.33. The highest BCUT2D eigenvalue weighted by molar-refractivity contribution is 6.00. The highest BCUT2D eigenvalue weighted by Gasteiger charge is 2.49. The molecule has 0 radical (unpaired) electrons. The number of hydrogen-bond donors (Lipinski definition) is 0. The van der Waals surface area contributed by atoms with Crippen molar-refractivity contribution in [2.24, 2.45) is 11.8 Å². The topological polar surface area (TPSA) is 68.2 Å². The van der Waals surface area contributed by atoms with E-state index in [4.69, 9.17) is 4.74 Å². The van der Waals surface area contributed by atoms with Crippen molar-refractivity contribution in [3.63, 3.8) is 0 Å². The van der Waals surface area contributed by atoms with E-state index in [1.807, 2.05) is 25.1 Å². The fourth-order valence-electron chi connectivity index (χ4n) is 4.85. The number of alkyl halides is 3. The van der Waals surface area contributed by atoms with Crippen molar-refractivity contribution in [3.05, 3.63) is 71.7 Å². The van der Waals surface area contributed by atoms with Gasteiger partial charge in [0.2, 0.25) is 5.88 Å². The van der Waals surface area contributed by atoms with Gasteiger partial charge < -0.3 is 9.64 Å². The average Bonchev–Trinajstić information content (AvgIpc) is 3.06. The number of amides is 1. The van der Waals surface area contributed by atoms with Crippen LogP contribution in [0.25, 0.3) is 11.4 Å². The molecule has 3 unspecified atom stereocenters. The third-order valence-corrected chi connectivity index (χ3v) is 6.74. The Hall–Kier alpha value is -3.49. The number of likely N-dealkylation sites (tertiary alicyclic amines) is 1. The number of aromatic nitrogens is 3. The van der Waals surface area contributed by atoms with Gasteiger partial charge in [0.15, 0.2) is 5.82 Å². The Morgan fingerprint density at radius 2 is 1.88 bits per heavy atom. The van der Waals surface area contributed by atoms with Gasteiger partial charge in [-0.15, -0.1) is 0 Å². The van der Waals surface area contributed by atoms with Crippen molar-refractivity contribution in [3.8, 4) is 17.3 Å². The van der Waals surface area contributed by atoms with Crippen LogP contribution in [0, 0.1) is 18.8 Å². The zero-order chi connectivity index (χ0) is 23.9. The molecule has 176 valence electrons. The number of ether oxygens (including phenoxy) is 1. The first-order valence-electron chi connectivity index (χ1n) is 11.2. The summed E-state index contributed by atoms with van der Waals surface area (Å²) in [7, 11) is 0. The maximum atomic E-state index is 13.8. The summed E-state index contributed by atoms with van der Waals surface area (Å²) in [5, 5.41) is 0. The molecular weight excluding hydrogens is 445 g/mol. The van der Waals surface area contributed by atoms with Gasteiger partial charge >= 0.3 is 6.18 Å². The smallest absolute Gasteiger partial charge is 0.416 e. The van der Waals surface area contributed by atoms with Gasteiger partial charge in [0, 0.05) is 36.8 Å². The average molecular weight is 468 g/mol. The zero-order valence-corrected chi connectivity index (χ0v) is 18.5. The Morgan fingerprint density at radius 3 is 2.59 bits per heavy atom. The van der Waals surface area contributed by atoms with Crippen LogP contribution in [-0.2, 0) is 6.18 Å². The molecule has 2 fully saturated rings. The summed E-state index contributed by atoms with van der Waals surface area (Å²) in [4.78, 5) is 28.1. The highest BCUT2D eigenvalue weighted by Crippen LogP contribution is 2.46. The van der Waals surface area contributed by atoms with E-state index in [1.165, 1.54) is 0 Å². The third-order valence-electron chi connectivity index (χ3n) is 6.74. The number of rotatable bonds is 5. The summed E-state index contributed by atoms with van der Waals surface area (Å²) >= 11 is 0. The lowest BCUT2D eigenvalue weighted by atomic mass is 9.73. The van der Waals surface area contributed by atoms with E-state index in [0.717, 1.165) is 36.7 Å². The number of pyridine rings is 1. The molecule has 1 amide bonds. The number of carbonyl (C=O) groups is 1. The summed E-state index contributed by atoms with van der Waals surface area (Å²) < 4.78 is 44.9. The number of halogens is 3. The van der Waals surface area contributed by atoms with Gasteiger partial charge in [-0.3, -0.25) is 4.79 Å². The van der Waals surface area contributed by atoms with Gasteiger partial charge in [-0.05, 0) is 49.8 Å². The maximum absolute atomic E-state index is 13.8. The van der Waals surface area contributed by atoms with Gasteiger partial charge in [0.05, 0.1) is 17.2 Å². The Balaban J connectivity index is 1.41. The van der Waals surface area contributed by atoms with Crippen LogP contribution >= 0.6 is 0 Å². The molecule has 1 saturated heterocycles. The lowest BCUT2D eigenvalue weighted by molar-refractivity contribution is -0.137. The van der Waals surface area contributed by atoms with Crippen molar-refractivity contribution in [2.75, 3.05) is 13.2 Å². The zero-order valence-electron chi connectivity index (χ0n) is 18.5. The standard InChI is InChI=1S/C25H23F3N4O2/c1-15-3-5-19(23-30-8-2-9-31-23)20(11-15)24(33)32-13-16-4-6-18(16)21(32)14-34-22-12-17(7-10-29-22)25(26,27)28/h2-3,5,7-12,16,18,21H,4,6,13-14H2,1H3. The number of nitrogens with zero attached hydrogens (tertiary/aromatic N) is 4. The molecule has 2 aromatic heterocycles. The summed E-state index contributed by atoms with van der Waals surface area (Å²) in [5.74, 6) is 0.850. The van der Waals surface area contributed by atoms with Gasteiger partial charge in [-0.1, -0.05) is 17.7 Å². The van der Waals surface area contributed by atoms with E-state index in [-0.39, 0.29) is 30.4 Å². The Kier molecular flexibility index (Phi) is 5.71. The Bertz CT molecular complexity index is 1200. The van der Waals surface area contributed by atoms with Crippen molar-refractivity contribution in [2.45, 2.75) is 32.0 Å². The van der Waals surface area contributed by atoms with Crippen LogP contribution < -0.4 is 4.74 Å². The molecule has 0 bridgehead atoms. The van der Waals surface area contributed by atoms with Crippen molar-refractivity contribution < 1.29 is 22.7 Å². The van der Waals surface area contributed by atoms with Gasteiger partial charge in [0.25, 0.3) is 5.91 Å². The largest absolute Gasteiger partial charge is 0.475 e.